The molecule has 2 aromatic rings. The second-order valence-electron chi connectivity index (χ2n) is 3.40. The van der Waals surface area contributed by atoms with Gasteiger partial charge in [0.1, 0.15) is 0 Å². The lowest BCUT2D eigenvalue weighted by molar-refractivity contribution is 0.761. The zero-order chi connectivity index (χ0) is 11.5. The average molecular weight is 236 g/mol. The molecule has 2 rings (SSSR count). The maximum Gasteiger partial charge on any atom is 0.253 e. The van der Waals surface area contributed by atoms with Gasteiger partial charge in [0, 0.05) is 22.8 Å². The Balaban J connectivity index is 2.27. The van der Waals surface area contributed by atoms with Crippen molar-refractivity contribution < 1.29 is 0 Å². The largest absolute Gasteiger partial charge is 0.310 e. The van der Waals surface area contributed by atoms with E-state index in [0.29, 0.717) is 11.7 Å². The third-order valence-corrected chi connectivity index (χ3v) is 3.13. The summed E-state index contributed by atoms with van der Waals surface area (Å²) in [6, 6.07) is 3.66. The zero-order valence-electron chi connectivity index (χ0n) is 8.80. The van der Waals surface area contributed by atoms with Gasteiger partial charge in [-0.1, -0.05) is 17.4 Å². The molecule has 84 valence electrons. The van der Waals surface area contributed by atoms with Crippen molar-refractivity contribution in [1.82, 2.24) is 9.55 Å². The number of hydrazine groups is 1. The van der Waals surface area contributed by atoms with Crippen molar-refractivity contribution in [3.05, 3.63) is 45.3 Å². The van der Waals surface area contributed by atoms with E-state index < -0.39 is 0 Å². The van der Waals surface area contributed by atoms with E-state index in [2.05, 4.69) is 10.4 Å². The summed E-state index contributed by atoms with van der Waals surface area (Å²) in [6.45, 7) is 2.33. The highest BCUT2D eigenvalue weighted by Gasteiger charge is 2.03. The van der Waals surface area contributed by atoms with Crippen LogP contribution in [-0.2, 0) is 6.54 Å². The number of aromatic nitrogens is 2. The number of pyridine rings is 1. The molecule has 0 saturated carbocycles. The van der Waals surface area contributed by atoms with Crippen molar-refractivity contribution in [3.63, 3.8) is 0 Å². The molecular weight excluding hydrogens is 224 g/mol. The maximum atomic E-state index is 11.8. The van der Waals surface area contributed by atoms with Crippen LogP contribution in [0.3, 0.4) is 0 Å². The summed E-state index contributed by atoms with van der Waals surface area (Å²) in [4.78, 5) is 16.8. The minimum atomic E-state index is 0.0261. The van der Waals surface area contributed by atoms with Crippen LogP contribution in [0.5, 0.6) is 0 Å². The Morgan fingerprint density at radius 1 is 1.62 bits per heavy atom. The summed E-state index contributed by atoms with van der Waals surface area (Å²) in [6.07, 6.45) is 3.49. The monoisotopic (exact) mass is 236 g/mol. The summed E-state index contributed by atoms with van der Waals surface area (Å²) >= 11 is 1.44. The lowest BCUT2D eigenvalue weighted by Crippen LogP contribution is -2.21. The van der Waals surface area contributed by atoms with Crippen molar-refractivity contribution in [2.75, 3.05) is 5.43 Å². The molecule has 0 spiro atoms. The highest BCUT2D eigenvalue weighted by atomic mass is 32.1. The average Bonchev–Trinajstić information content (AvgIpc) is 2.73. The third-order valence-electron chi connectivity index (χ3n) is 2.21. The molecule has 6 heteroatoms. The van der Waals surface area contributed by atoms with E-state index in [0.717, 1.165) is 10.4 Å². The van der Waals surface area contributed by atoms with E-state index in [1.807, 2.05) is 6.07 Å². The molecule has 0 aliphatic carbocycles. The van der Waals surface area contributed by atoms with E-state index >= 15 is 0 Å². The second-order valence-corrected chi connectivity index (χ2v) is 4.52. The van der Waals surface area contributed by atoms with Crippen molar-refractivity contribution in [3.8, 4) is 0 Å². The SMILES string of the molecule is Cc1cccn(Cc2cnc(NN)s2)c1=O. The van der Waals surface area contributed by atoms with Gasteiger partial charge in [0.15, 0.2) is 5.13 Å². The van der Waals surface area contributed by atoms with Crippen LogP contribution in [0.1, 0.15) is 10.4 Å². The van der Waals surface area contributed by atoms with E-state index in [1.165, 1.54) is 11.3 Å². The highest BCUT2D eigenvalue weighted by molar-refractivity contribution is 7.15. The van der Waals surface area contributed by atoms with E-state index in [9.17, 15) is 4.79 Å². The predicted molar refractivity (Wildman–Crippen MR) is 64.5 cm³/mol. The predicted octanol–water partition coefficient (Wildman–Crippen LogP) is 0.947. The molecule has 0 amide bonds. The van der Waals surface area contributed by atoms with Gasteiger partial charge < -0.3 is 4.57 Å². The van der Waals surface area contributed by atoms with Gasteiger partial charge in [-0.15, -0.1) is 0 Å². The van der Waals surface area contributed by atoms with Crippen LogP contribution in [0.15, 0.2) is 29.3 Å². The number of aryl methyl sites for hydroxylation is 1. The minimum absolute atomic E-state index is 0.0261. The number of anilines is 1. The number of nitrogens with two attached hydrogens (primary N) is 1. The Bertz CT molecular complexity index is 546. The van der Waals surface area contributed by atoms with Gasteiger partial charge in [-0.3, -0.25) is 10.2 Å². The van der Waals surface area contributed by atoms with Crippen molar-refractivity contribution in [1.29, 1.82) is 0 Å². The Morgan fingerprint density at radius 3 is 3.12 bits per heavy atom. The highest BCUT2D eigenvalue weighted by Crippen LogP contribution is 2.17. The fourth-order valence-corrected chi connectivity index (χ4v) is 2.12. The van der Waals surface area contributed by atoms with Gasteiger partial charge in [-0.2, -0.15) is 0 Å². The molecule has 0 radical (unpaired) electrons. The number of hydrogen-bond acceptors (Lipinski definition) is 5. The molecule has 0 atom stereocenters. The molecule has 2 aromatic heterocycles. The Kier molecular flexibility index (Phi) is 3.02. The molecule has 0 unspecified atom stereocenters. The van der Waals surface area contributed by atoms with Crippen LogP contribution in [0.2, 0.25) is 0 Å². The Labute approximate surface area is 96.5 Å². The quantitative estimate of drug-likeness (QED) is 0.614. The maximum absolute atomic E-state index is 11.8. The van der Waals surface area contributed by atoms with Crippen molar-refractivity contribution in [2.45, 2.75) is 13.5 Å². The molecule has 0 saturated heterocycles. The zero-order valence-corrected chi connectivity index (χ0v) is 9.62. The first-order valence-corrected chi connectivity index (χ1v) is 5.59. The molecule has 5 nitrogen and oxygen atoms in total. The number of rotatable bonds is 3. The van der Waals surface area contributed by atoms with Crippen LogP contribution in [0.4, 0.5) is 5.13 Å². The molecule has 16 heavy (non-hydrogen) atoms. The first kappa shape index (κ1) is 10.8. The Morgan fingerprint density at radius 2 is 2.44 bits per heavy atom. The number of nitrogens with zero attached hydrogens (tertiary/aromatic N) is 2. The van der Waals surface area contributed by atoms with Crippen molar-refractivity contribution in [2.24, 2.45) is 5.84 Å². The molecule has 2 heterocycles. The second kappa shape index (κ2) is 4.46. The van der Waals surface area contributed by atoms with Gasteiger partial charge in [0.05, 0.1) is 6.54 Å². The Hall–Kier alpha value is -1.66. The van der Waals surface area contributed by atoms with Gasteiger partial charge in [0.25, 0.3) is 5.56 Å². The van der Waals surface area contributed by atoms with E-state index in [1.54, 1.807) is 30.0 Å². The van der Waals surface area contributed by atoms with Crippen LogP contribution in [-0.4, -0.2) is 9.55 Å². The number of thiazole rings is 1. The lowest BCUT2D eigenvalue weighted by Gasteiger charge is -2.03. The molecule has 0 aromatic carbocycles. The van der Waals surface area contributed by atoms with E-state index in [4.69, 9.17) is 5.84 Å². The van der Waals surface area contributed by atoms with Crippen LogP contribution in [0.25, 0.3) is 0 Å². The summed E-state index contributed by atoms with van der Waals surface area (Å²) in [5.74, 6) is 5.24. The molecule has 0 aliphatic rings. The molecule has 0 fully saturated rings. The topological polar surface area (TPSA) is 72.9 Å². The summed E-state index contributed by atoms with van der Waals surface area (Å²) in [7, 11) is 0. The summed E-state index contributed by atoms with van der Waals surface area (Å²) in [5.41, 5.74) is 3.25. The fraction of sp³-hybridized carbons (Fsp3) is 0.200. The number of hydrogen-bond donors (Lipinski definition) is 2. The standard InChI is InChI=1S/C10H12N4OS/c1-7-3-2-4-14(9(7)15)6-8-5-12-10(13-11)16-8/h2-5H,6,11H2,1H3,(H,12,13). The molecule has 3 N–H and O–H groups in total. The minimum Gasteiger partial charge on any atom is -0.310 e. The summed E-state index contributed by atoms with van der Waals surface area (Å²) < 4.78 is 1.66. The van der Waals surface area contributed by atoms with Crippen LogP contribution < -0.4 is 16.8 Å². The van der Waals surface area contributed by atoms with E-state index in [-0.39, 0.29) is 5.56 Å². The third kappa shape index (κ3) is 2.12. The lowest BCUT2D eigenvalue weighted by atomic mass is 10.3. The molecule has 0 aliphatic heterocycles. The smallest absolute Gasteiger partial charge is 0.253 e. The van der Waals surface area contributed by atoms with Gasteiger partial charge >= 0.3 is 0 Å². The van der Waals surface area contributed by atoms with Crippen LogP contribution >= 0.6 is 11.3 Å². The number of nitrogen functional groups attached to an aromatic ring is 1. The van der Waals surface area contributed by atoms with Crippen molar-refractivity contribution >= 4 is 16.5 Å². The first-order valence-electron chi connectivity index (χ1n) is 4.78. The molecule has 0 bridgehead atoms. The normalized spacial score (nSPS) is 10.4. The van der Waals surface area contributed by atoms with Crippen LogP contribution in [0, 0.1) is 6.92 Å². The number of nitrogens with one attached hydrogen (secondary N) is 1. The van der Waals surface area contributed by atoms with Gasteiger partial charge in [-0.25, -0.2) is 10.8 Å². The molecular formula is C10H12N4OS. The fourth-order valence-electron chi connectivity index (χ4n) is 1.40. The van der Waals surface area contributed by atoms with Gasteiger partial charge in [0.2, 0.25) is 0 Å². The first-order chi connectivity index (χ1) is 7.70. The summed E-state index contributed by atoms with van der Waals surface area (Å²) in [5, 5.41) is 0.649. The van der Waals surface area contributed by atoms with Gasteiger partial charge in [-0.05, 0) is 13.0 Å².